The monoisotopic (exact) mass is 514 g/mol. The number of halogens is 1. The maximum Gasteiger partial charge on any atom is 0.227 e. The van der Waals surface area contributed by atoms with Gasteiger partial charge in [-0.15, -0.1) is 11.3 Å². The summed E-state index contributed by atoms with van der Waals surface area (Å²) in [5.74, 6) is 2.05. The van der Waals surface area contributed by atoms with Crippen LogP contribution in [0.25, 0.3) is 0 Å². The van der Waals surface area contributed by atoms with E-state index in [4.69, 9.17) is 16.3 Å². The molecule has 1 atom stereocenters. The van der Waals surface area contributed by atoms with E-state index in [1.165, 1.54) is 30.6 Å². The number of thiophene rings is 1. The number of amides is 1. The molecule has 2 fully saturated rings. The van der Waals surface area contributed by atoms with Crippen LogP contribution < -0.4 is 10.1 Å². The molecule has 1 saturated heterocycles. The summed E-state index contributed by atoms with van der Waals surface area (Å²) >= 11 is 7.63. The molecule has 1 aromatic heterocycles. The van der Waals surface area contributed by atoms with Crippen LogP contribution in [0.5, 0.6) is 5.75 Å². The molecule has 2 aliphatic heterocycles. The largest absolute Gasteiger partial charge is 0.492 e. The lowest BCUT2D eigenvalue weighted by atomic mass is 9.83. The third kappa shape index (κ3) is 6.10. The Morgan fingerprint density at radius 3 is 2.54 bits per heavy atom. The number of ether oxygens (including phenoxy) is 1. The maximum atomic E-state index is 12.8. The van der Waals surface area contributed by atoms with E-state index in [2.05, 4.69) is 16.3 Å². The van der Waals surface area contributed by atoms with E-state index < -0.39 is 0 Å². The number of piperidine rings is 1. The fourth-order valence-electron chi connectivity index (χ4n) is 5.85. The van der Waals surface area contributed by atoms with E-state index in [9.17, 15) is 9.59 Å². The van der Waals surface area contributed by atoms with Gasteiger partial charge in [-0.1, -0.05) is 29.8 Å². The first-order valence-corrected chi connectivity index (χ1v) is 14.3. The molecule has 1 N–H and O–H groups in total. The number of benzene rings is 1. The number of likely N-dealkylation sites (tertiary alicyclic amines) is 1. The molecule has 188 valence electrons. The van der Waals surface area contributed by atoms with Crippen LogP contribution >= 0.6 is 22.9 Å². The van der Waals surface area contributed by atoms with Gasteiger partial charge in [0.25, 0.3) is 0 Å². The number of carbonyl (C=O) groups is 2. The summed E-state index contributed by atoms with van der Waals surface area (Å²) in [7, 11) is 0. The molecule has 0 bridgehead atoms. The molecule has 2 aromatic rings. The van der Waals surface area contributed by atoms with Gasteiger partial charge in [0.1, 0.15) is 12.4 Å². The molecular formula is C28H35ClN2O3S. The van der Waals surface area contributed by atoms with Gasteiger partial charge in [0.2, 0.25) is 5.91 Å². The number of hydrogen-bond acceptors (Lipinski definition) is 5. The number of ketones is 1. The first-order valence-electron chi connectivity index (χ1n) is 13.1. The fourth-order valence-corrected chi connectivity index (χ4v) is 7.02. The van der Waals surface area contributed by atoms with Crippen LogP contribution in [-0.2, 0) is 11.2 Å². The van der Waals surface area contributed by atoms with E-state index in [1.54, 1.807) is 0 Å². The standard InChI is InChI=1S/C28H35ClN2O3S/c29-24-12-16-35-27(24)26(32)20-10-14-31(15-11-20)13-9-19-5-7-23(8-6-19)30-28(33)22-17-21-3-1-2-4-25(21)34-18-22/h1-4,12,16,19-20,22-23H,5-11,13-15,17-18H2,(H,30,33)/t19?,22-,23?/m1/s1. The maximum absolute atomic E-state index is 12.8. The Morgan fingerprint density at radius 2 is 1.80 bits per heavy atom. The first kappa shape index (κ1) is 24.8. The predicted molar refractivity (Wildman–Crippen MR) is 140 cm³/mol. The molecule has 5 rings (SSSR count). The molecule has 1 aliphatic carbocycles. The number of hydrogen-bond donors (Lipinski definition) is 1. The highest BCUT2D eigenvalue weighted by Crippen LogP contribution is 2.32. The van der Waals surface area contributed by atoms with Crippen LogP contribution in [0.4, 0.5) is 0 Å². The van der Waals surface area contributed by atoms with Gasteiger partial charge in [-0.2, -0.15) is 0 Å². The van der Waals surface area contributed by atoms with E-state index in [0.717, 1.165) is 73.8 Å². The number of para-hydroxylation sites is 1. The zero-order chi connectivity index (χ0) is 24.2. The number of fused-ring (bicyclic) bond motifs is 1. The quantitative estimate of drug-likeness (QED) is 0.488. The van der Waals surface area contributed by atoms with Gasteiger partial charge in [-0.3, -0.25) is 9.59 Å². The van der Waals surface area contributed by atoms with E-state index in [0.29, 0.717) is 17.7 Å². The minimum atomic E-state index is -0.0896. The topological polar surface area (TPSA) is 58.6 Å². The molecule has 1 saturated carbocycles. The average Bonchev–Trinajstić information content (AvgIpc) is 3.33. The zero-order valence-electron chi connectivity index (χ0n) is 20.2. The second-order valence-electron chi connectivity index (χ2n) is 10.4. The van der Waals surface area contributed by atoms with Crippen molar-refractivity contribution in [2.24, 2.45) is 17.8 Å². The Kier molecular flexibility index (Phi) is 8.11. The van der Waals surface area contributed by atoms with Crippen molar-refractivity contribution in [2.75, 3.05) is 26.2 Å². The van der Waals surface area contributed by atoms with Gasteiger partial charge >= 0.3 is 0 Å². The number of rotatable bonds is 7. The van der Waals surface area contributed by atoms with Crippen LogP contribution in [0.2, 0.25) is 5.02 Å². The van der Waals surface area contributed by atoms with Crippen molar-refractivity contribution in [3.63, 3.8) is 0 Å². The minimum absolute atomic E-state index is 0.0896. The lowest BCUT2D eigenvalue weighted by Gasteiger charge is -2.34. The van der Waals surface area contributed by atoms with Gasteiger partial charge in [0, 0.05) is 12.0 Å². The Morgan fingerprint density at radius 1 is 1.03 bits per heavy atom. The van der Waals surface area contributed by atoms with Crippen molar-refractivity contribution in [3.05, 3.63) is 51.2 Å². The summed E-state index contributed by atoms with van der Waals surface area (Å²) in [6.07, 6.45) is 8.34. The van der Waals surface area contributed by atoms with Crippen molar-refractivity contribution < 1.29 is 14.3 Å². The molecule has 0 radical (unpaired) electrons. The molecule has 0 unspecified atom stereocenters. The molecule has 1 aromatic carbocycles. The Hall–Kier alpha value is -1.89. The number of nitrogens with zero attached hydrogens (tertiary/aromatic N) is 1. The van der Waals surface area contributed by atoms with Gasteiger partial charge < -0.3 is 15.0 Å². The molecular weight excluding hydrogens is 480 g/mol. The number of carbonyl (C=O) groups excluding carboxylic acids is 2. The molecule has 5 nitrogen and oxygen atoms in total. The molecule has 35 heavy (non-hydrogen) atoms. The lowest BCUT2D eigenvalue weighted by molar-refractivity contribution is -0.127. The van der Waals surface area contributed by atoms with Gasteiger partial charge in [0.15, 0.2) is 5.78 Å². The Bertz CT molecular complexity index is 1020. The SMILES string of the molecule is O=C(c1sccc1Cl)C1CCN(CCC2CCC(NC(=O)[C@H]3COc4ccccc4C3)CC2)CC1. The highest BCUT2D eigenvalue weighted by Gasteiger charge is 2.30. The summed E-state index contributed by atoms with van der Waals surface area (Å²) in [4.78, 5) is 28.8. The second kappa shape index (κ2) is 11.4. The smallest absolute Gasteiger partial charge is 0.227 e. The lowest BCUT2D eigenvalue weighted by Crippen LogP contribution is -2.44. The zero-order valence-corrected chi connectivity index (χ0v) is 21.8. The Labute approximate surface area is 217 Å². The van der Waals surface area contributed by atoms with Crippen LogP contribution in [0.1, 0.15) is 60.2 Å². The van der Waals surface area contributed by atoms with Crippen LogP contribution in [0, 0.1) is 17.8 Å². The van der Waals surface area contributed by atoms with Gasteiger partial charge in [-0.05, 0) is 100.0 Å². The molecule has 3 aliphatic rings. The van der Waals surface area contributed by atoms with Crippen LogP contribution in [0.15, 0.2) is 35.7 Å². The summed E-state index contributed by atoms with van der Waals surface area (Å²) in [5.41, 5.74) is 1.13. The van der Waals surface area contributed by atoms with E-state index in [1.807, 2.05) is 29.6 Å². The highest BCUT2D eigenvalue weighted by molar-refractivity contribution is 7.12. The molecule has 7 heteroatoms. The predicted octanol–water partition coefficient (Wildman–Crippen LogP) is 5.61. The summed E-state index contributed by atoms with van der Waals surface area (Å²) in [5, 5.41) is 5.81. The molecule has 1 amide bonds. The van der Waals surface area contributed by atoms with Crippen LogP contribution in [-0.4, -0.2) is 48.9 Å². The number of nitrogens with one attached hydrogen (secondary N) is 1. The van der Waals surface area contributed by atoms with Crippen molar-refractivity contribution in [1.82, 2.24) is 10.2 Å². The normalized spacial score (nSPS) is 25.5. The van der Waals surface area contributed by atoms with Gasteiger partial charge in [-0.25, -0.2) is 0 Å². The Balaban J connectivity index is 0.989. The molecule has 3 heterocycles. The third-order valence-electron chi connectivity index (χ3n) is 8.10. The fraction of sp³-hybridized carbons (Fsp3) is 0.571. The average molecular weight is 515 g/mol. The van der Waals surface area contributed by atoms with Crippen molar-refractivity contribution in [3.8, 4) is 5.75 Å². The molecule has 0 spiro atoms. The van der Waals surface area contributed by atoms with E-state index >= 15 is 0 Å². The third-order valence-corrected chi connectivity index (χ3v) is 9.45. The van der Waals surface area contributed by atoms with Crippen molar-refractivity contribution in [1.29, 1.82) is 0 Å². The van der Waals surface area contributed by atoms with Crippen molar-refractivity contribution >= 4 is 34.6 Å². The summed E-state index contributed by atoms with van der Waals surface area (Å²) in [6, 6.07) is 10.1. The van der Waals surface area contributed by atoms with E-state index in [-0.39, 0.29) is 23.5 Å². The summed E-state index contributed by atoms with van der Waals surface area (Å²) < 4.78 is 5.81. The number of Topliss-reactive ketones (excluding diaryl/α,β-unsaturated/α-hetero) is 1. The van der Waals surface area contributed by atoms with Crippen LogP contribution in [0.3, 0.4) is 0 Å². The minimum Gasteiger partial charge on any atom is -0.492 e. The van der Waals surface area contributed by atoms with Gasteiger partial charge in [0.05, 0.1) is 15.8 Å². The summed E-state index contributed by atoms with van der Waals surface area (Å²) in [6.45, 7) is 3.58. The highest BCUT2D eigenvalue weighted by atomic mass is 35.5. The second-order valence-corrected chi connectivity index (χ2v) is 11.7. The van der Waals surface area contributed by atoms with Crippen molar-refractivity contribution in [2.45, 2.75) is 57.4 Å². The first-order chi connectivity index (χ1) is 17.1.